The quantitative estimate of drug-likeness (QED) is 0.642. The van der Waals surface area contributed by atoms with Crippen LogP contribution in [0.15, 0.2) is 87.8 Å². The van der Waals surface area contributed by atoms with E-state index in [1.165, 1.54) is 0 Å². The molecule has 1 atom stereocenters. The number of para-hydroxylation sites is 2. The van der Waals surface area contributed by atoms with Crippen LogP contribution in [0.4, 0.5) is 11.4 Å². The van der Waals surface area contributed by atoms with Crippen molar-refractivity contribution in [1.29, 1.82) is 0 Å². The lowest BCUT2D eigenvalue weighted by molar-refractivity contribution is 0.631. The first-order valence-corrected chi connectivity index (χ1v) is 8.55. The van der Waals surface area contributed by atoms with Crippen molar-refractivity contribution in [1.82, 2.24) is 0 Å². The fraction of sp³-hybridized carbons (Fsp3) is 0.227. The van der Waals surface area contributed by atoms with Gasteiger partial charge >= 0.3 is 0 Å². The zero-order valence-corrected chi connectivity index (χ0v) is 15.0. The summed E-state index contributed by atoms with van der Waals surface area (Å²) in [6.45, 7) is 6.19. The average Bonchev–Trinajstić information content (AvgIpc) is 2.63. The molecule has 3 nitrogen and oxygen atoms in total. The van der Waals surface area contributed by atoms with Crippen LogP contribution in [0.5, 0.6) is 0 Å². The molecular formula is C22H23N3. The van der Waals surface area contributed by atoms with Crippen LogP contribution in [0.2, 0.25) is 0 Å². The molecule has 126 valence electrons. The Balaban J connectivity index is 1.89. The first-order chi connectivity index (χ1) is 12.1. The third-order valence-corrected chi connectivity index (χ3v) is 4.41. The Hall–Kier alpha value is -2.81. The van der Waals surface area contributed by atoms with Crippen molar-refractivity contribution in [2.24, 2.45) is 15.0 Å². The highest BCUT2D eigenvalue weighted by atomic mass is 14.9. The Morgan fingerprint density at radius 3 is 2.04 bits per heavy atom. The maximum Gasteiger partial charge on any atom is 0.0998 e. The summed E-state index contributed by atoms with van der Waals surface area (Å²) in [6, 6.07) is 20.0. The highest BCUT2D eigenvalue weighted by Gasteiger charge is 2.29. The van der Waals surface area contributed by atoms with Gasteiger partial charge in [-0.3, -0.25) is 15.0 Å². The van der Waals surface area contributed by atoms with Gasteiger partial charge in [-0.05, 0) is 57.5 Å². The topological polar surface area (TPSA) is 37.1 Å². The second-order valence-electron chi connectivity index (χ2n) is 6.44. The van der Waals surface area contributed by atoms with Crippen molar-refractivity contribution in [3.63, 3.8) is 0 Å². The number of hydrogen-bond donors (Lipinski definition) is 0. The van der Waals surface area contributed by atoms with E-state index in [1.807, 2.05) is 67.6 Å². The van der Waals surface area contributed by atoms with Crippen LogP contribution in [0.1, 0.15) is 27.2 Å². The van der Waals surface area contributed by atoms with Crippen molar-refractivity contribution in [3.8, 4) is 0 Å². The van der Waals surface area contributed by atoms with Crippen LogP contribution in [0, 0.1) is 0 Å². The van der Waals surface area contributed by atoms with Crippen LogP contribution in [-0.4, -0.2) is 22.7 Å². The SMILES string of the molecule is CC(=Nc1ccccc1)C1=NC(C)(C(C)=Nc2ccccc2)CC=C1. The summed E-state index contributed by atoms with van der Waals surface area (Å²) in [5.41, 5.74) is 4.40. The number of benzene rings is 2. The lowest BCUT2D eigenvalue weighted by atomic mass is 9.89. The highest BCUT2D eigenvalue weighted by molar-refractivity contribution is 6.46. The lowest BCUT2D eigenvalue weighted by Gasteiger charge is -2.28. The van der Waals surface area contributed by atoms with Crippen molar-refractivity contribution in [2.75, 3.05) is 0 Å². The maximum absolute atomic E-state index is 4.97. The molecule has 1 aliphatic rings. The van der Waals surface area contributed by atoms with E-state index in [0.29, 0.717) is 0 Å². The summed E-state index contributed by atoms with van der Waals surface area (Å²) < 4.78 is 0. The van der Waals surface area contributed by atoms with Crippen molar-refractivity contribution in [3.05, 3.63) is 72.8 Å². The zero-order valence-electron chi connectivity index (χ0n) is 15.0. The van der Waals surface area contributed by atoms with Crippen LogP contribution in [0.25, 0.3) is 0 Å². The van der Waals surface area contributed by atoms with Gasteiger partial charge in [0.2, 0.25) is 0 Å². The Bertz CT molecular complexity index is 845. The fourth-order valence-electron chi connectivity index (χ4n) is 2.75. The minimum Gasteiger partial charge on any atom is -0.271 e. The molecule has 2 aromatic carbocycles. The zero-order chi connectivity index (χ0) is 17.7. The second kappa shape index (κ2) is 7.39. The molecule has 0 fully saturated rings. The minimum absolute atomic E-state index is 0.340. The van der Waals surface area contributed by atoms with Gasteiger partial charge in [-0.2, -0.15) is 0 Å². The summed E-state index contributed by atoms with van der Waals surface area (Å²) in [6.07, 6.45) is 5.06. The molecule has 1 unspecified atom stereocenters. The molecule has 0 aliphatic carbocycles. The van der Waals surface area contributed by atoms with Gasteiger partial charge in [0.15, 0.2) is 0 Å². The van der Waals surface area contributed by atoms with E-state index in [1.54, 1.807) is 0 Å². The summed E-state index contributed by atoms with van der Waals surface area (Å²) in [4.78, 5) is 14.4. The minimum atomic E-state index is -0.340. The van der Waals surface area contributed by atoms with Gasteiger partial charge in [-0.25, -0.2) is 0 Å². The van der Waals surface area contributed by atoms with Gasteiger partial charge in [-0.1, -0.05) is 42.5 Å². The lowest BCUT2D eigenvalue weighted by Crippen LogP contribution is -2.35. The van der Waals surface area contributed by atoms with Crippen molar-refractivity contribution >= 4 is 28.5 Å². The molecule has 1 heterocycles. The van der Waals surface area contributed by atoms with E-state index in [2.05, 4.69) is 31.0 Å². The van der Waals surface area contributed by atoms with E-state index < -0.39 is 0 Å². The number of hydrogen-bond acceptors (Lipinski definition) is 3. The third-order valence-electron chi connectivity index (χ3n) is 4.41. The van der Waals surface area contributed by atoms with Gasteiger partial charge in [0.1, 0.15) is 0 Å². The Morgan fingerprint density at radius 2 is 1.44 bits per heavy atom. The predicted octanol–water partition coefficient (Wildman–Crippen LogP) is 5.73. The standard InChI is InChI=1S/C22H23N3/c1-17(23-19-11-6-4-7-12-19)21-15-10-16-22(3,25-21)18(2)24-20-13-8-5-9-14-20/h4-15H,16H2,1-3H3. The summed E-state index contributed by atoms with van der Waals surface area (Å²) in [7, 11) is 0. The van der Waals surface area contributed by atoms with Crippen LogP contribution in [0.3, 0.4) is 0 Å². The van der Waals surface area contributed by atoms with Crippen LogP contribution < -0.4 is 0 Å². The molecule has 3 heteroatoms. The summed E-state index contributed by atoms with van der Waals surface area (Å²) in [5.74, 6) is 0. The monoisotopic (exact) mass is 329 g/mol. The van der Waals surface area contributed by atoms with Crippen molar-refractivity contribution < 1.29 is 0 Å². The molecule has 1 aliphatic heterocycles. The Morgan fingerprint density at radius 1 is 0.880 bits per heavy atom. The summed E-state index contributed by atoms with van der Waals surface area (Å²) in [5, 5.41) is 0. The van der Waals surface area contributed by atoms with Gasteiger partial charge in [0, 0.05) is 5.71 Å². The largest absolute Gasteiger partial charge is 0.271 e. The molecule has 0 radical (unpaired) electrons. The van der Waals surface area contributed by atoms with Gasteiger partial charge in [-0.15, -0.1) is 0 Å². The van der Waals surface area contributed by atoms with Crippen LogP contribution >= 0.6 is 0 Å². The maximum atomic E-state index is 4.97. The van der Waals surface area contributed by atoms with Gasteiger partial charge in [0.05, 0.1) is 28.3 Å². The van der Waals surface area contributed by atoms with Gasteiger partial charge in [0.25, 0.3) is 0 Å². The number of nitrogens with zero attached hydrogens (tertiary/aromatic N) is 3. The van der Waals surface area contributed by atoms with E-state index in [-0.39, 0.29) is 5.54 Å². The number of rotatable bonds is 4. The number of aliphatic imine (C=N–C) groups is 3. The average molecular weight is 329 g/mol. The van der Waals surface area contributed by atoms with Crippen molar-refractivity contribution in [2.45, 2.75) is 32.7 Å². The molecule has 0 N–H and O–H groups in total. The molecule has 0 spiro atoms. The molecule has 0 aromatic heterocycles. The van der Waals surface area contributed by atoms with Crippen LogP contribution in [-0.2, 0) is 0 Å². The smallest absolute Gasteiger partial charge is 0.0998 e. The van der Waals surface area contributed by atoms with E-state index >= 15 is 0 Å². The fourth-order valence-corrected chi connectivity index (χ4v) is 2.75. The first-order valence-electron chi connectivity index (χ1n) is 8.55. The van der Waals surface area contributed by atoms with E-state index in [4.69, 9.17) is 9.98 Å². The number of allylic oxidation sites excluding steroid dienone is 1. The molecule has 0 bridgehead atoms. The molecule has 0 saturated heterocycles. The number of dihydropyridines is 1. The molecule has 25 heavy (non-hydrogen) atoms. The Kier molecular flexibility index (Phi) is 5.03. The second-order valence-corrected chi connectivity index (χ2v) is 6.44. The molecular weight excluding hydrogens is 306 g/mol. The third kappa shape index (κ3) is 4.18. The highest BCUT2D eigenvalue weighted by Crippen LogP contribution is 2.26. The normalized spacial score (nSPS) is 21.2. The van der Waals surface area contributed by atoms with E-state index in [9.17, 15) is 0 Å². The molecule has 0 amide bonds. The Labute approximate surface area is 149 Å². The predicted molar refractivity (Wildman–Crippen MR) is 108 cm³/mol. The molecule has 2 aromatic rings. The molecule has 3 rings (SSSR count). The molecule has 0 saturated carbocycles. The van der Waals surface area contributed by atoms with E-state index in [0.717, 1.165) is 34.9 Å². The first kappa shape index (κ1) is 17.0. The van der Waals surface area contributed by atoms with Gasteiger partial charge < -0.3 is 0 Å². The summed E-state index contributed by atoms with van der Waals surface area (Å²) >= 11 is 0.